The number of aryl methyl sites for hydroxylation is 1. The predicted octanol–water partition coefficient (Wildman–Crippen LogP) is 3.19. The molecule has 0 spiro atoms. The van der Waals surface area contributed by atoms with Crippen LogP contribution in [0, 0.1) is 0 Å². The van der Waals surface area contributed by atoms with E-state index in [9.17, 15) is 0 Å². The molecule has 1 atom stereocenters. The summed E-state index contributed by atoms with van der Waals surface area (Å²) in [5, 5.41) is 4.87. The Hall–Kier alpha value is -1.99. The van der Waals surface area contributed by atoms with Gasteiger partial charge in [-0.2, -0.15) is 0 Å². The Morgan fingerprint density at radius 2 is 2.07 bits per heavy atom. The van der Waals surface area contributed by atoms with Crippen molar-refractivity contribution in [1.29, 1.82) is 0 Å². The quantitative estimate of drug-likeness (QED) is 0.748. The van der Waals surface area contributed by atoms with E-state index in [1.807, 2.05) is 0 Å². The van der Waals surface area contributed by atoms with E-state index in [0.29, 0.717) is 6.04 Å². The van der Waals surface area contributed by atoms with Crippen LogP contribution in [0.4, 0.5) is 11.6 Å². The van der Waals surface area contributed by atoms with Crippen molar-refractivity contribution in [2.75, 3.05) is 36.5 Å². The number of fused-ring (bicyclic) bond motifs is 5. The van der Waals surface area contributed by atoms with Gasteiger partial charge in [-0.25, -0.2) is 15.0 Å². The van der Waals surface area contributed by atoms with Crippen molar-refractivity contribution in [2.24, 2.45) is 0 Å². The van der Waals surface area contributed by atoms with E-state index < -0.39 is 0 Å². The number of pyridine rings is 1. The van der Waals surface area contributed by atoms with Gasteiger partial charge in [0.05, 0.1) is 24.1 Å². The fraction of sp³-hybridized carbons (Fsp3) is 0.550. The number of nitrogens with one attached hydrogen (secondary N) is 2. The van der Waals surface area contributed by atoms with E-state index in [4.69, 9.17) is 4.74 Å². The first-order valence-electron chi connectivity index (χ1n) is 9.99. The number of hydrogen-bond donors (Lipinski definition) is 1. The molecule has 0 saturated carbocycles. The second-order valence-electron chi connectivity index (χ2n) is 7.54. The first-order valence-corrected chi connectivity index (χ1v) is 10.8. The lowest BCUT2D eigenvalue weighted by Gasteiger charge is -2.23. The van der Waals surface area contributed by atoms with Crippen LogP contribution in [0.3, 0.4) is 0 Å². The molecule has 1 aliphatic heterocycles. The van der Waals surface area contributed by atoms with Gasteiger partial charge in [0.2, 0.25) is 0 Å². The highest BCUT2D eigenvalue weighted by molar-refractivity contribution is 7.25. The molecule has 2 aliphatic rings. The minimum absolute atomic E-state index is 0.395. The standard InChI is InChI=1S/C20H25N5OS/c1-3-12(2)23-18-17-16(21-11-22-18)15-13-5-4-6-14(13)19(24-20(15)27-17)25-7-9-26-10-8-25/h11-12H,3-10H2,1-2H3,(H,21,22,23)/p+1/t12-/m1/s1. The van der Waals surface area contributed by atoms with Gasteiger partial charge < -0.3 is 10.1 Å². The first kappa shape index (κ1) is 17.1. The van der Waals surface area contributed by atoms with Crippen LogP contribution >= 0.6 is 11.3 Å². The molecule has 0 amide bonds. The molecule has 2 N–H and O–H groups in total. The molecule has 142 valence electrons. The molecule has 6 nitrogen and oxygen atoms in total. The number of aromatic amines is 1. The Morgan fingerprint density at radius 1 is 1.26 bits per heavy atom. The lowest BCUT2D eigenvalue weighted by molar-refractivity contribution is -0.328. The molecule has 4 heterocycles. The fourth-order valence-electron chi connectivity index (χ4n) is 4.24. The number of H-pyrrole nitrogens is 1. The van der Waals surface area contributed by atoms with E-state index in [2.05, 4.69) is 39.0 Å². The second-order valence-corrected chi connectivity index (χ2v) is 8.56. The zero-order valence-electron chi connectivity index (χ0n) is 16.0. The SMILES string of the molecule is CC[C@@H](C)Nc1ncnc2c1sc1[nH+]c(N3CCOCC3)c3c(c12)CCC3. The van der Waals surface area contributed by atoms with Gasteiger partial charge in [-0.3, -0.25) is 4.90 Å². The van der Waals surface area contributed by atoms with Gasteiger partial charge >= 0.3 is 0 Å². The minimum Gasteiger partial charge on any atom is -0.373 e. The summed E-state index contributed by atoms with van der Waals surface area (Å²) in [5.41, 5.74) is 4.07. The molecular formula is C20H26N5OS+. The van der Waals surface area contributed by atoms with Crippen molar-refractivity contribution in [3.05, 3.63) is 17.5 Å². The average Bonchev–Trinajstić information content (AvgIpc) is 3.32. The third-order valence-electron chi connectivity index (χ3n) is 5.83. The molecule has 0 bridgehead atoms. The summed E-state index contributed by atoms with van der Waals surface area (Å²) in [6, 6.07) is 0.395. The first-order chi connectivity index (χ1) is 13.3. The Bertz CT molecular complexity index is 995. The number of anilines is 2. The highest BCUT2D eigenvalue weighted by atomic mass is 32.1. The summed E-state index contributed by atoms with van der Waals surface area (Å²) in [5.74, 6) is 2.26. The summed E-state index contributed by atoms with van der Waals surface area (Å²) in [7, 11) is 0. The van der Waals surface area contributed by atoms with Gasteiger partial charge in [0, 0.05) is 11.6 Å². The summed E-state index contributed by atoms with van der Waals surface area (Å²) in [4.78, 5) is 16.7. The third-order valence-corrected chi connectivity index (χ3v) is 6.93. The highest BCUT2D eigenvalue weighted by Crippen LogP contribution is 2.41. The number of aromatic nitrogens is 3. The monoisotopic (exact) mass is 384 g/mol. The molecule has 0 radical (unpaired) electrons. The maximum atomic E-state index is 5.56. The lowest BCUT2D eigenvalue weighted by Crippen LogP contribution is -2.40. The van der Waals surface area contributed by atoms with Crippen molar-refractivity contribution in [1.82, 2.24) is 9.97 Å². The molecule has 3 aromatic rings. The van der Waals surface area contributed by atoms with Crippen LogP contribution in [0.2, 0.25) is 0 Å². The number of ether oxygens (including phenoxy) is 1. The molecule has 1 fully saturated rings. The Balaban J connectivity index is 1.71. The van der Waals surface area contributed by atoms with Crippen LogP contribution in [0.5, 0.6) is 0 Å². The molecule has 1 aliphatic carbocycles. The average molecular weight is 385 g/mol. The van der Waals surface area contributed by atoms with Crippen molar-refractivity contribution in [3.8, 4) is 0 Å². The van der Waals surface area contributed by atoms with Crippen LogP contribution in [0.25, 0.3) is 20.4 Å². The van der Waals surface area contributed by atoms with Crippen LogP contribution < -0.4 is 15.2 Å². The van der Waals surface area contributed by atoms with Crippen molar-refractivity contribution in [3.63, 3.8) is 0 Å². The van der Waals surface area contributed by atoms with E-state index in [1.165, 1.54) is 33.6 Å². The van der Waals surface area contributed by atoms with Crippen molar-refractivity contribution >= 4 is 43.4 Å². The zero-order chi connectivity index (χ0) is 18.4. The van der Waals surface area contributed by atoms with Gasteiger partial charge in [-0.05, 0) is 38.2 Å². The second kappa shape index (κ2) is 6.87. The molecule has 7 heteroatoms. The topological polar surface area (TPSA) is 64.4 Å². The van der Waals surface area contributed by atoms with Gasteiger partial charge in [-0.1, -0.05) is 18.3 Å². The van der Waals surface area contributed by atoms with E-state index in [0.717, 1.165) is 61.6 Å². The van der Waals surface area contributed by atoms with Gasteiger partial charge in [0.25, 0.3) is 5.82 Å². The largest absolute Gasteiger partial charge is 0.373 e. The number of nitrogens with zero attached hydrogens (tertiary/aromatic N) is 3. The maximum Gasteiger partial charge on any atom is 0.279 e. The Morgan fingerprint density at radius 3 is 2.89 bits per heavy atom. The van der Waals surface area contributed by atoms with Crippen molar-refractivity contribution in [2.45, 2.75) is 45.6 Å². The Labute approximate surface area is 163 Å². The number of rotatable bonds is 4. The Kier molecular flexibility index (Phi) is 4.36. The van der Waals surface area contributed by atoms with Crippen molar-refractivity contribution < 1.29 is 9.72 Å². The van der Waals surface area contributed by atoms with Crippen LogP contribution in [-0.2, 0) is 17.6 Å². The zero-order valence-corrected chi connectivity index (χ0v) is 16.8. The van der Waals surface area contributed by atoms with Crippen LogP contribution in [-0.4, -0.2) is 42.3 Å². The van der Waals surface area contributed by atoms with Crippen LogP contribution in [0.15, 0.2) is 6.33 Å². The normalized spacial score (nSPS) is 18.2. The van der Waals surface area contributed by atoms with Gasteiger partial charge in [0.15, 0.2) is 4.83 Å². The highest BCUT2D eigenvalue weighted by Gasteiger charge is 2.31. The molecule has 0 aromatic carbocycles. The van der Waals surface area contributed by atoms with Gasteiger partial charge in [0.1, 0.15) is 29.9 Å². The lowest BCUT2D eigenvalue weighted by atomic mass is 10.1. The number of morpholine rings is 1. The molecule has 3 aromatic heterocycles. The fourth-order valence-corrected chi connectivity index (χ4v) is 5.37. The summed E-state index contributed by atoms with van der Waals surface area (Å²) >= 11 is 1.78. The summed E-state index contributed by atoms with van der Waals surface area (Å²) < 4.78 is 6.72. The van der Waals surface area contributed by atoms with E-state index in [1.54, 1.807) is 17.7 Å². The summed E-state index contributed by atoms with van der Waals surface area (Å²) in [6.45, 7) is 7.92. The molecule has 27 heavy (non-hydrogen) atoms. The molecule has 0 unspecified atom stereocenters. The summed E-state index contributed by atoms with van der Waals surface area (Å²) in [6.07, 6.45) is 6.28. The molecule has 1 saturated heterocycles. The molecular weight excluding hydrogens is 358 g/mol. The van der Waals surface area contributed by atoms with Crippen LogP contribution in [0.1, 0.15) is 37.8 Å². The van der Waals surface area contributed by atoms with Gasteiger partial charge in [-0.15, -0.1) is 0 Å². The number of hydrogen-bond acceptors (Lipinski definition) is 6. The molecule has 5 rings (SSSR count). The third kappa shape index (κ3) is 2.84. The number of thiophene rings is 1. The maximum absolute atomic E-state index is 5.56. The van der Waals surface area contributed by atoms with E-state index >= 15 is 0 Å². The minimum atomic E-state index is 0.395. The van der Waals surface area contributed by atoms with E-state index in [-0.39, 0.29) is 0 Å². The predicted molar refractivity (Wildman–Crippen MR) is 110 cm³/mol. The smallest absolute Gasteiger partial charge is 0.279 e.